The lowest BCUT2D eigenvalue weighted by Gasteiger charge is -2.07. The Hall–Kier alpha value is -2.04. The van der Waals surface area contributed by atoms with Crippen LogP contribution in [0.3, 0.4) is 0 Å². The van der Waals surface area contributed by atoms with Gasteiger partial charge in [-0.2, -0.15) is 0 Å². The van der Waals surface area contributed by atoms with Gasteiger partial charge in [0.2, 0.25) is 11.8 Å². The van der Waals surface area contributed by atoms with Crippen LogP contribution >= 0.6 is 0 Å². The zero-order chi connectivity index (χ0) is 13.1. The van der Waals surface area contributed by atoms with Gasteiger partial charge in [-0.25, -0.2) is 0 Å². The Morgan fingerprint density at radius 3 is 2.12 bits per heavy atom. The summed E-state index contributed by atoms with van der Waals surface area (Å²) in [6.07, 6.45) is 2.56. The van der Waals surface area contributed by atoms with Gasteiger partial charge >= 0.3 is 0 Å². The standard InChI is InChI=1S/C9H14N2O3.C2H4/c1-3-6(7(12)4-2)11-9(14)5-8(10)13;1-2/h3-4,12H,5H2,1-2H3,(H2,10,13)(H,11,14);1-2H2/b6-3+,7-4+;. The summed E-state index contributed by atoms with van der Waals surface area (Å²) in [4.78, 5) is 21.4. The Bertz CT molecular complexity index is 306. The molecule has 16 heavy (non-hydrogen) atoms. The number of carbonyl (C=O) groups is 2. The molecule has 0 rings (SSSR count). The number of hydrogen-bond donors (Lipinski definition) is 3. The molecule has 0 radical (unpaired) electrons. The molecule has 90 valence electrons. The van der Waals surface area contributed by atoms with Gasteiger partial charge in [-0.1, -0.05) is 6.08 Å². The van der Waals surface area contributed by atoms with Crippen LogP contribution in [-0.2, 0) is 9.59 Å². The summed E-state index contributed by atoms with van der Waals surface area (Å²) in [5, 5.41) is 11.6. The summed E-state index contributed by atoms with van der Waals surface area (Å²) in [6, 6.07) is 0. The molecule has 0 atom stereocenters. The van der Waals surface area contributed by atoms with Crippen LogP contribution in [-0.4, -0.2) is 16.9 Å². The van der Waals surface area contributed by atoms with Crippen molar-refractivity contribution in [3.05, 3.63) is 36.8 Å². The number of aliphatic hydroxyl groups excluding tert-OH is 1. The van der Waals surface area contributed by atoms with Crippen molar-refractivity contribution in [2.75, 3.05) is 0 Å². The molecule has 0 saturated heterocycles. The minimum absolute atomic E-state index is 0.0506. The van der Waals surface area contributed by atoms with Gasteiger partial charge in [0.1, 0.15) is 12.2 Å². The fraction of sp³-hybridized carbons (Fsp3) is 0.273. The van der Waals surface area contributed by atoms with E-state index in [4.69, 9.17) is 5.73 Å². The van der Waals surface area contributed by atoms with E-state index in [1.54, 1.807) is 13.8 Å². The number of amides is 2. The van der Waals surface area contributed by atoms with Crippen molar-refractivity contribution >= 4 is 11.8 Å². The topological polar surface area (TPSA) is 92.4 Å². The first-order valence-corrected chi connectivity index (χ1v) is 4.61. The third-order valence-corrected chi connectivity index (χ3v) is 1.45. The van der Waals surface area contributed by atoms with Crippen LogP contribution in [0.1, 0.15) is 20.3 Å². The van der Waals surface area contributed by atoms with E-state index in [2.05, 4.69) is 18.5 Å². The normalized spacial score (nSPS) is 11.1. The molecule has 0 spiro atoms. The van der Waals surface area contributed by atoms with E-state index < -0.39 is 18.2 Å². The van der Waals surface area contributed by atoms with Crippen LogP contribution in [0.25, 0.3) is 0 Å². The van der Waals surface area contributed by atoms with Gasteiger partial charge in [0.15, 0.2) is 0 Å². The van der Waals surface area contributed by atoms with Gasteiger partial charge in [0.25, 0.3) is 0 Å². The molecule has 0 heterocycles. The lowest BCUT2D eigenvalue weighted by molar-refractivity contribution is -0.127. The largest absolute Gasteiger partial charge is 0.506 e. The minimum atomic E-state index is -0.710. The number of hydrogen-bond acceptors (Lipinski definition) is 3. The van der Waals surface area contributed by atoms with Crippen molar-refractivity contribution in [3.8, 4) is 0 Å². The maximum atomic E-state index is 11.1. The van der Waals surface area contributed by atoms with Crippen LogP contribution in [0.4, 0.5) is 0 Å². The van der Waals surface area contributed by atoms with Gasteiger partial charge in [-0.05, 0) is 19.9 Å². The first kappa shape index (κ1) is 16.4. The highest BCUT2D eigenvalue weighted by atomic mass is 16.3. The maximum Gasteiger partial charge on any atom is 0.233 e. The van der Waals surface area contributed by atoms with Crippen molar-refractivity contribution in [1.82, 2.24) is 5.32 Å². The van der Waals surface area contributed by atoms with Crippen LogP contribution in [0.15, 0.2) is 36.8 Å². The Labute approximate surface area is 95.3 Å². The average Bonchev–Trinajstić information content (AvgIpc) is 2.26. The number of allylic oxidation sites excluding steroid dienone is 2. The first-order valence-electron chi connectivity index (χ1n) is 4.61. The third kappa shape index (κ3) is 7.37. The molecule has 0 aromatic heterocycles. The first-order chi connectivity index (χ1) is 7.51. The highest BCUT2D eigenvalue weighted by Crippen LogP contribution is 2.02. The van der Waals surface area contributed by atoms with Gasteiger partial charge in [0, 0.05) is 0 Å². The quantitative estimate of drug-likeness (QED) is 0.290. The van der Waals surface area contributed by atoms with Crippen LogP contribution in [0.5, 0.6) is 0 Å². The molecule has 0 fully saturated rings. The minimum Gasteiger partial charge on any atom is -0.506 e. The lowest BCUT2D eigenvalue weighted by Crippen LogP contribution is -2.28. The predicted molar refractivity (Wildman–Crippen MR) is 63.4 cm³/mol. The molecule has 0 bridgehead atoms. The number of nitrogens with two attached hydrogens (primary N) is 1. The molecule has 5 heteroatoms. The van der Waals surface area contributed by atoms with Gasteiger partial charge in [-0.15, -0.1) is 13.2 Å². The molecule has 0 aromatic carbocycles. The molecule has 2 amide bonds. The van der Waals surface area contributed by atoms with Crippen molar-refractivity contribution < 1.29 is 14.7 Å². The van der Waals surface area contributed by atoms with E-state index in [1.807, 2.05) is 0 Å². The zero-order valence-electron chi connectivity index (χ0n) is 9.62. The van der Waals surface area contributed by atoms with Crippen LogP contribution in [0, 0.1) is 0 Å². The van der Waals surface area contributed by atoms with Gasteiger partial charge < -0.3 is 16.2 Å². The monoisotopic (exact) mass is 226 g/mol. The fourth-order valence-electron chi connectivity index (χ4n) is 0.792. The molecule has 4 N–H and O–H groups in total. The second-order valence-corrected chi connectivity index (χ2v) is 2.57. The Morgan fingerprint density at radius 1 is 1.31 bits per heavy atom. The smallest absolute Gasteiger partial charge is 0.233 e. The average molecular weight is 226 g/mol. The number of carbonyl (C=O) groups excluding carboxylic acids is 2. The second-order valence-electron chi connectivity index (χ2n) is 2.57. The zero-order valence-corrected chi connectivity index (χ0v) is 9.62. The van der Waals surface area contributed by atoms with E-state index in [0.29, 0.717) is 0 Å². The molecule has 0 aliphatic rings. The number of primary amides is 1. The summed E-state index contributed by atoms with van der Waals surface area (Å²) in [6.45, 7) is 9.28. The van der Waals surface area contributed by atoms with Crippen molar-refractivity contribution in [2.24, 2.45) is 5.73 Å². The van der Waals surface area contributed by atoms with E-state index >= 15 is 0 Å². The van der Waals surface area contributed by atoms with Crippen molar-refractivity contribution in [1.29, 1.82) is 0 Å². The maximum absolute atomic E-state index is 11.1. The number of aliphatic hydroxyl groups is 1. The molecule has 0 aliphatic heterocycles. The van der Waals surface area contributed by atoms with Gasteiger partial charge in [0.05, 0.1) is 5.70 Å². The molecule has 0 aliphatic carbocycles. The summed E-state index contributed by atoms with van der Waals surface area (Å²) in [5.74, 6) is -1.30. The highest BCUT2D eigenvalue weighted by molar-refractivity contribution is 5.96. The van der Waals surface area contributed by atoms with Gasteiger partial charge in [-0.3, -0.25) is 9.59 Å². The van der Waals surface area contributed by atoms with Crippen LogP contribution in [0.2, 0.25) is 0 Å². The molecule has 0 saturated carbocycles. The van der Waals surface area contributed by atoms with E-state index in [0.717, 1.165) is 0 Å². The van der Waals surface area contributed by atoms with Crippen molar-refractivity contribution in [3.63, 3.8) is 0 Å². The second kappa shape index (κ2) is 9.51. The molecular formula is C11H18N2O3. The molecule has 0 aromatic rings. The predicted octanol–water partition coefficient (Wildman–Crippen LogP) is 1.15. The summed E-state index contributed by atoms with van der Waals surface area (Å²) < 4.78 is 0. The highest BCUT2D eigenvalue weighted by Gasteiger charge is 2.09. The number of rotatable bonds is 4. The Kier molecular flexibility index (Phi) is 9.75. The SMILES string of the molecule is C/C=C(O)\C(=C/C)NC(=O)CC(N)=O.C=C. The van der Waals surface area contributed by atoms with Crippen LogP contribution < -0.4 is 11.1 Å². The van der Waals surface area contributed by atoms with E-state index in [9.17, 15) is 14.7 Å². The lowest BCUT2D eigenvalue weighted by atomic mass is 10.3. The Balaban J connectivity index is 0. The molecule has 5 nitrogen and oxygen atoms in total. The Morgan fingerprint density at radius 2 is 1.81 bits per heavy atom. The molecule has 0 unspecified atom stereocenters. The third-order valence-electron chi connectivity index (χ3n) is 1.45. The van der Waals surface area contributed by atoms with E-state index in [-0.39, 0.29) is 11.5 Å². The van der Waals surface area contributed by atoms with E-state index in [1.165, 1.54) is 12.2 Å². The summed E-state index contributed by atoms with van der Waals surface area (Å²) >= 11 is 0. The van der Waals surface area contributed by atoms with Crippen molar-refractivity contribution in [2.45, 2.75) is 20.3 Å². The molecular weight excluding hydrogens is 208 g/mol. The number of nitrogens with one attached hydrogen (secondary N) is 1. The summed E-state index contributed by atoms with van der Waals surface area (Å²) in [7, 11) is 0. The summed E-state index contributed by atoms with van der Waals surface area (Å²) in [5.41, 5.74) is 5.09. The fourth-order valence-corrected chi connectivity index (χ4v) is 0.792.